The average molecular weight is 218 g/mol. The van der Waals surface area contributed by atoms with E-state index in [9.17, 15) is 17.6 Å². The van der Waals surface area contributed by atoms with Gasteiger partial charge in [0.1, 0.15) is 0 Å². The van der Waals surface area contributed by atoms with Crippen LogP contribution in [0.25, 0.3) is 0 Å². The van der Waals surface area contributed by atoms with Crippen molar-refractivity contribution in [2.24, 2.45) is 0 Å². The predicted molar refractivity (Wildman–Crippen MR) is 48.3 cm³/mol. The SMILES string of the molecule is Cc1ccc2c(c1)C(F)(C(F)(F)F)CC2. The smallest absolute Gasteiger partial charge is 0.229 e. The summed E-state index contributed by atoms with van der Waals surface area (Å²) in [5.74, 6) is 0. The first-order valence-electron chi connectivity index (χ1n) is 4.70. The number of halogens is 4. The van der Waals surface area contributed by atoms with Crippen molar-refractivity contribution >= 4 is 0 Å². The quantitative estimate of drug-likeness (QED) is 0.583. The lowest BCUT2D eigenvalue weighted by Gasteiger charge is -2.24. The summed E-state index contributed by atoms with van der Waals surface area (Å²) in [6.45, 7) is 1.66. The Labute approximate surface area is 84.9 Å². The van der Waals surface area contributed by atoms with Gasteiger partial charge in [0.2, 0.25) is 5.67 Å². The van der Waals surface area contributed by atoms with Crippen LogP contribution in [0.5, 0.6) is 0 Å². The van der Waals surface area contributed by atoms with E-state index in [1.165, 1.54) is 6.07 Å². The van der Waals surface area contributed by atoms with Crippen molar-refractivity contribution in [1.82, 2.24) is 0 Å². The summed E-state index contributed by atoms with van der Waals surface area (Å²) in [6.07, 6.45) is -5.15. The highest BCUT2D eigenvalue weighted by molar-refractivity contribution is 5.41. The van der Waals surface area contributed by atoms with E-state index in [4.69, 9.17) is 0 Å². The third-order valence-corrected chi connectivity index (χ3v) is 2.88. The van der Waals surface area contributed by atoms with Crippen molar-refractivity contribution in [3.8, 4) is 0 Å². The van der Waals surface area contributed by atoms with Gasteiger partial charge in [-0.2, -0.15) is 13.2 Å². The zero-order valence-corrected chi connectivity index (χ0v) is 8.16. The highest BCUT2D eigenvalue weighted by atomic mass is 19.4. The fraction of sp³-hybridized carbons (Fsp3) is 0.455. The van der Waals surface area contributed by atoms with Crippen LogP contribution in [0.1, 0.15) is 23.1 Å². The van der Waals surface area contributed by atoms with E-state index in [1.54, 1.807) is 19.1 Å². The number of fused-ring (bicyclic) bond motifs is 1. The highest BCUT2D eigenvalue weighted by Gasteiger charge is 2.59. The minimum atomic E-state index is -4.81. The lowest BCUT2D eigenvalue weighted by molar-refractivity contribution is -0.234. The van der Waals surface area contributed by atoms with Gasteiger partial charge < -0.3 is 0 Å². The average Bonchev–Trinajstić information content (AvgIpc) is 2.44. The van der Waals surface area contributed by atoms with E-state index in [0.29, 0.717) is 11.1 Å². The Balaban J connectivity index is 2.56. The fourth-order valence-corrected chi connectivity index (χ4v) is 2.01. The van der Waals surface area contributed by atoms with Crippen LogP contribution in [0.3, 0.4) is 0 Å². The summed E-state index contributed by atoms with van der Waals surface area (Å²) in [5, 5.41) is 0. The molecule has 1 aromatic carbocycles. The van der Waals surface area contributed by atoms with E-state index in [0.717, 1.165) is 0 Å². The van der Waals surface area contributed by atoms with Crippen LogP contribution in [-0.4, -0.2) is 6.18 Å². The van der Waals surface area contributed by atoms with Crippen LogP contribution < -0.4 is 0 Å². The van der Waals surface area contributed by atoms with Gasteiger partial charge in [-0.15, -0.1) is 0 Å². The Morgan fingerprint density at radius 2 is 1.93 bits per heavy atom. The molecule has 2 rings (SSSR count). The van der Waals surface area contributed by atoms with E-state index >= 15 is 0 Å². The van der Waals surface area contributed by atoms with Crippen LogP contribution in [0, 0.1) is 6.92 Å². The van der Waals surface area contributed by atoms with Crippen molar-refractivity contribution in [2.75, 3.05) is 0 Å². The minimum Gasteiger partial charge on any atom is -0.229 e. The van der Waals surface area contributed by atoms with Crippen LogP contribution >= 0.6 is 0 Å². The van der Waals surface area contributed by atoms with Crippen molar-refractivity contribution < 1.29 is 17.6 Å². The molecule has 0 aromatic heterocycles. The Morgan fingerprint density at radius 1 is 1.27 bits per heavy atom. The first-order valence-corrected chi connectivity index (χ1v) is 4.70. The van der Waals surface area contributed by atoms with Gasteiger partial charge >= 0.3 is 6.18 Å². The molecule has 0 fully saturated rings. The molecular formula is C11H10F4. The normalized spacial score (nSPS) is 25.4. The monoisotopic (exact) mass is 218 g/mol. The van der Waals surface area contributed by atoms with Gasteiger partial charge in [0, 0.05) is 5.56 Å². The summed E-state index contributed by atoms with van der Waals surface area (Å²) in [7, 11) is 0. The maximum absolute atomic E-state index is 13.9. The summed E-state index contributed by atoms with van der Waals surface area (Å²) < 4.78 is 51.6. The molecule has 1 atom stereocenters. The van der Waals surface area contributed by atoms with Crippen molar-refractivity contribution in [3.63, 3.8) is 0 Å². The van der Waals surface area contributed by atoms with Crippen LogP contribution in [0.4, 0.5) is 17.6 Å². The number of benzene rings is 1. The molecule has 1 unspecified atom stereocenters. The molecule has 0 radical (unpaired) electrons. The lowest BCUT2D eigenvalue weighted by Crippen LogP contribution is -2.35. The molecule has 0 aliphatic heterocycles. The van der Waals surface area contributed by atoms with Gasteiger partial charge in [-0.05, 0) is 25.3 Å². The zero-order chi connectivity index (χ0) is 11.3. The number of alkyl halides is 4. The summed E-state index contributed by atoms with van der Waals surface area (Å²) >= 11 is 0. The molecule has 0 saturated heterocycles. The molecule has 0 saturated carbocycles. The third kappa shape index (κ3) is 1.43. The van der Waals surface area contributed by atoms with E-state index in [-0.39, 0.29) is 12.0 Å². The predicted octanol–water partition coefficient (Wildman–Crippen LogP) is 3.67. The molecule has 1 aromatic rings. The maximum Gasteiger partial charge on any atom is 0.426 e. The van der Waals surface area contributed by atoms with Gasteiger partial charge in [0.05, 0.1) is 0 Å². The number of aryl methyl sites for hydroxylation is 2. The number of hydrogen-bond donors (Lipinski definition) is 0. The molecule has 0 heterocycles. The van der Waals surface area contributed by atoms with Crippen molar-refractivity contribution in [2.45, 2.75) is 31.6 Å². The summed E-state index contributed by atoms with van der Waals surface area (Å²) in [4.78, 5) is 0. The van der Waals surface area contributed by atoms with Gasteiger partial charge in [0.15, 0.2) is 0 Å². The molecule has 0 spiro atoms. The Morgan fingerprint density at radius 3 is 2.53 bits per heavy atom. The van der Waals surface area contributed by atoms with Crippen LogP contribution in [-0.2, 0) is 12.1 Å². The van der Waals surface area contributed by atoms with E-state index in [2.05, 4.69) is 0 Å². The van der Waals surface area contributed by atoms with Gasteiger partial charge in [-0.25, -0.2) is 4.39 Å². The molecule has 15 heavy (non-hydrogen) atoms. The van der Waals surface area contributed by atoms with E-state index < -0.39 is 18.3 Å². The fourth-order valence-electron chi connectivity index (χ4n) is 2.01. The summed E-state index contributed by atoms with van der Waals surface area (Å²) in [5.41, 5.74) is -2.22. The Kier molecular flexibility index (Phi) is 2.07. The van der Waals surface area contributed by atoms with Gasteiger partial charge in [-0.1, -0.05) is 23.8 Å². The molecule has 1 aliphatic carbocycles. The van der Waals surface area contributed by atoms with Crippen LogP contribution in [0.2, 0.25) is 0 Å². The van der Waals surface area contributed by atoms with Crippen molar-refractivity contribution in [1.29, 1.82) is 0 Å². The molecule has 0 N–H and O–H groups in total. The first-order chi connectivity index (χ1) is 6.84. The molecule has 1 aliphatic rings. The molecule has 4 heteroatoms. The molecule has 0 amide bonds. The second-order valence-electron chi connectivity index (χ2n) is 3.96. The lowest BCUT2D eigenvalue weighted by atomic mass is 9.96. The van der Waals surface area contributed by atoms with Gasteiger partial charge in [-0.3, -0.25) is 0 Å². The molecule has 82 valence electrons. The third-order valence-electron chi connectivity index (χ3n) is 2.88. The summed E-state index contributed by atoms with van der Waals surface area (Å²) in [6, 6.07) is 4.59. The molecular weight excluding hydrogens is 208 g/mol. The first kappa shape index (κ1) is 10.5. The maximum atomic E-state index is 13.9. The number of rotatable bonds is 0. The molecule has 0 nitrogen and oxygen atoms in total. The largest absolute Gasteiger partial charge is 0.426 e. The zero-order valence-electron chi connectivity index (χ0n) is 8.16. The van der Waals surface area contributed by atoms with Gasteiger partial charge in [0.25, 0.3) is 0 Å². The highest BCUT2D eigenvalue weighted by Crippen LogP contribution is 2.51. The standard InChI is InChI=1S/C11H10F4/c1-7-2-3-8-4-5-10(12,9(8)6-7)11(13,14)15/h2-3,6H,4-5H2,1H3. The van der Waals surface area contributed by atoms with E-state index in [1.807, 2.05) is 0 Å². The number of hydrogen-bond acceptors (Lipinski definition) is 0. The Hall–Kier alpha value is -1.06. The Bertz CT molecular complexity index is 394. The second kappa shape index (κ2) is 2.97. The van der Waals surface area contributed by atoms with Crippen LogP contribution in [0.15, 0.2) is 18.2 Å². The second-order valence-corrected chi connectivity index (χ2v) is 3.96. The van der Waals surface area contributed by atoms with Crippen molar-refractivity contribution in [3.05, 3.63) is 34.9 Å². The molecule has 0 bridgehead atoms. The topological polar surface area (TPSA) is 0 Å². The minimum absolute atomic E-state index is 0.158.